The highest BCUT2D eigenvalue weighted by Crippen LogP contribution is 2.18. The van der Waals surface area contributed by atoms with E-state index in [4.69, 9.17) is 15.2 Å². The van der Waals surface area contributed by atoms with Crippen molar-refractivity contribution in [3.05, 3.63) is 47.8 Å². The third kappa shape index (κ3) is 5.56. The van der Waals surface area contributed by atoms with Gasteiger partial charge in [-0.05, 0) is 13.0 Å². The van der Waals surface area contributed by atoms with Gasteiger partial charge in [0.05, 0.1) is 7.11 Å². The van der Waals surface area contributed by atoms with Crippen LogP contribution in [0.5, 0.6) is 0 Å². The summed E-state index contributed by atoms with van der Waals surface area (Å²) in [7, 11) is 1.45. The minimum absolute atomic E-state index is 0.161. The number of primary amides is 1. The first kappa shape index (κ1) is 15.8. The number of amides is 1. The second-order valence-electron chi connectivity index (χ2n) is 4.34. The van der Waals surface area contributed by atoms with Gasteiger partial charge in [0.25, 0.3) is 0 Å². The van der Waals surface area contributed by atoms with Crippen LogP contribution in [0.3, 0.4) is 0 Å². The molecule has 0 aromatic carbocycles. The molecule has 0 aliphatic carbocycles. The Bertz CT molecular complexity index is 486. The normalized spacial score (nSPS) is 20.1. The highest BCUT2D eigenvalue weighted by Gasteiger charge is 2.22. The summed E-state index contributed by atoms with van der Waals surface area (Å²) in [5.74, 6) is -0.640. The number of ether oxygens (including phenoxy) is 2. The monoisotopic (exact) mass is 277 g/mol. The first-order valence-electron chi connectivity index (χ1n) is 6.29. The lowest BCUT2D eigenvalue weighted by molar-refractivity contribution is -0.149. The molecule has 0 saturated carbocycles. The molecule has 1 heterocycles. The summed E-state index contributed by atoms with van der Waals surface area (Å²) in [6.07, 6.45) is 11.3. The predicted molar refractivity (Wildman–Crippen MR) is 75.4 cm³/mol. The second kappa shape index (κ2) is 7.99. The van der Waals surface area contributed by atoms with E-state index in [1.165, 1.54) is 13.2 Å². The van der Waals surface area contributed by atoms with E-state index in [9.17, 15) is 9.59 Å². The number of allylic oxidation sites excluding steroid dienone is 4. The Kier molecular flexibility index (Phi) is 6.29. The quantitative estimate of drug-likeness (QED) is 0.456. The molecule has 0 radical (unpaired) electrons. The van der Waals surface area contributed by atoms with Crippen molar-refractivity contribution in [1.82, 2.24) is 0 Å². The molecule has 108 valence electrons. The van der Waals surface area contributed by atoms with Crippen LogP contribution in [0.25, 0.3) is 0 Å². The highest BCUT2D eigenvalue weighted by molar-refractivity contribution is 5.87. The third-order valence-corrected chi connectivity index (χ3v) is 2.69. The van der Waals surface area contributed by atoms with E-state index in [-0.39, 0.29) is 11.9 Å². The van der Waals surface area contributed by atoms with E-state index in [0.29, 0.717) is 12.8 Å². The minimum atomic E-state index is -0.480. The summed E-state index contributed by atoms with van der Waals surface area (Å²) in [5.41, 5.74) is 5.97. The van der Waals surface area contributed by atoms with Crippen LogP contribution in [0.4, 0.5) is 0 Å². The Morgan fingerprint density at radius 1 is 1.50 bits per heavy atom. The van der Waals surface area contributed by atoms with Gasteiger partial charge >= 0.3 is 5.97 Å². The molecule has 1 atom stereocenters. The Labute approximate surface area is 118 Å². The third-order valence-electron chi connectivity index (χ3n) is 2.69. The highest BCUT2D eigenvalue weighted by atomic mass is 16.6. The van der Waals surface area contributed by atoms with E-state index in [2.05, 4.69) is 0 Å². The van der Waals surface area contributed by atoms with Gasteiger partial charge in [0, 0.05) is 18.9 Å². The van der Waals surface area contributed by atoms with Gasteiger partial charge in [-0.25, -0.2) is 4.79 Å². The van der Waals surface area contributed by atoms with Crippen molar-refractivity contribution in [3.8, 4) is 0 Å². The number of cyclic esters (lactones) is 1. The molecular weight excluding hydrogens is 258 g/mol. The fraction of sp³-hybridized carbons (Fsp3) is 0.333. The molecule has 1 aliphatic rings. The standard InChI is InChI=1S/C15H19NO4/c1-11(5-3-4-6-14(16)17)7-8-12-9-10-13(19-2)15(18)20-12/h3-7,10,12H,8-9H2,1-2H3,(H2,16,17)/b5-3+,6-4+,11-7+. The van der Waals surface area contributed by atoms with Crippen molar-refractivity contribution in [2.45, 2.75) is 25.9 Å². The summed E-state index contributed by atoms with van der Waals surface area (Å²) in [6.45, 7) is 1.93. The molecule has 0 aromatic heterocycles. The lowest BCUT2D eigenvalue weighted by Crippen LogP contribution is -2.23. The Morgan fingerprint density at radius 2 is 2.20 bits per heavy atom. The molecular formula is C15H19NO4. The molecule has 0 spiro atoms. The zero-order valence-corrected chi connectivity index (χ0v) is 11.7. The van der Waals surface area contributed by atoms with Crippen molar-refractivity contribution in [2.75, 3.05) is 7.11 Å². The maximum Gasteiger partial charge on any atom is 0.373 e. The Hall–Kier alpha value is -2.30. The maximum absolute atomic E-state index is 11.5. The zero-order valence-electron chi connectivity index (χ0n) is 11.7. The molecule has 1 unspecified atom stereocenters. The Balaban J connectivity index is 2.46. The molecule has 0 aromatic rings. The lowest BCUT2D eigenvalue weighted by Gasteiger charge is -2.20. The maximum atomic E-state index is 11.5. The first-order chi connectivity index (χ1) is 9.52. The number of hydrogen-bond acceptors (Lipinski definition) is 4. The fourth-order valence-electron chi connectivity index (χ4n) is 1.63. The smallest absolute Gasteiger partial charge is 0.373 e. The second-order valence-corrected chi connectivity index (χ2v) is 4.34. The molecule has 2 N–H and O–H groups in total. The van der Waals surface area contributed by atoms with Crippen molar-refractivity contribution >= 4 is 11.9 Å². The van der Waals surface area contributed by atoms with Crippen molar-refractivity contribution in [3.63, 3.8) is 0 Å². The van der Waals surface area contributed by atoms with Gasteiger partial charge in [0.15, 0.2) is 5.76 Å². The number of nitrogens with two attached hydrogens (primary N) is 1. The number of carbonyl (C=O) groups is 2. The summed E-state index contributed by atoms with van der Waals surface area (Å²) in [5, 5.41) is 0. The van der Waals surface area contributed by atoms with Gasteiger partial charge in [-0.1, -0.05) is 29.9 Å². The number of methoxy groups -OCH3 is 1. The van der Waals surface area contributed by atoms with Crippen LogP contribution in [-0.2, 0) is 19.1 Å². The Morgan fingerprint density at radius 3 is 2.80 bits per heavy atom. The molecule has 20 heavy (non-hydrogen) atoms. The fourth-order valence-corrected chi connectivity index (χ4v) is 1.63. The molecule has 1 rings (SSSR count). The summed E-state index contributed by atoms with van der Waals surface area (Å²) in [4.78, 5) is 21.9. The molecule has 5 nitrogen and oxygen atoms in total. The van der Waals surface area contributed by atoms with Gasteiger partial charge in [-0.2, -0.15) is 0 Å². The molecule has 0 fully saturated rings. The summed E-state index contributed by atoms with van der Waals surface area (Å²) in [6, 6.07) is 0. The van der Waals surface area contributed by atoms with Crippen molar-refractivity contribution < 1.29 is 19.1 Å². The molecule has 0 bridgehead atoms. The average molecular weight is 277 g/mol. The minimum Gasteiger partial charge on any atom is -0.490 e. The molecule has 1 amide bonds. The molecule has 1 aliphatic heterocycles. The zero-order chi connectivity index (χ0) is 15.0. The van der Waals surface area contributed by atoms with Gasteiger partial charge in [-0.3, -0.25) is 4.79 Å². The van der Waals surface area contributed by atoms with E-state index < -0.39 is 11.9 Å². The van der Waals surface area contributed by atoms with Crippen LogP contribution in [0, 0.1) is 0 Å². The summed E-state index contributed by atoms with van der Waals surface area (Å²) >= 11 is 0. The SMILES string of the molecule is COC1=CCC(C/C=C(C)/C=C/C=C/C(N)=O)OC1=O. The van der Waals surface area contributed by atoms with Crippen LogP contribution < -0.4 is 5.73 Å². The number of esters is 1. The van der Waals surface area contributed by atoms with Gasteiger partial charge in [-0.15, -0.1) is 0 Å². The predicted octanol–water partition coefficient (Wildman–Crippen LogP) is 1.77. The van der Waals surface area contributed by atoms with E-state index in [0.717, 1.165) is 5.57 Å². The number of rotatable bonds is 6. The van der Waals surface area contributed by atoms with E-state index in [1.807, 2.05) is 19.1 Å². The summed E-state index contributed by atoms with van der Waals surface area (Å²) < 4.78 is 10.1. The van der Waals surface area contributed by atoms with E-state index >= 15 is 0 Å². The van der Waals surface area contributed by atoms with Crippen LogP contribution in [-0.4, -0.2) is 25.1 Å². The van der Waals surface area contributed by atoms with Crippen LogP contribution in [0.15, 0.2) is 47.8 Å². The topological polar surface area (TPSA) is 78.6 Å². The van der Waals surface area contributed by atoms with Crippen LogP contribution in [0.1, 0.15) is 19.8 Å². The number of hydrogen-bond donors (Lipinski definition) is 1. The van der Waals surface area contributed by atoms with Crippen LogP contribution >= 0.6 is 0 Å². The van der Waals surface area contributed by atoms with E-state index in [1.54, 1.807) is 18.2 Å². The van der Waals surface area contributed by atoms with Crippen molar-refractivity contribution in [1.29, 1.82) is 0 Å². The van der Waals surface area contributed by atoms with Gasteiger partial charge in [0.1, 0.15) is 6.10 Å². The number of carbonyl (C=O) groups excluding carboxylic acids is 2. The molecule has 0 saturated heterocycles. The lowest BCUT2D eigenvalue weighted by atomic mass is 10.1. The largest absolute Gasteiger partial charge is 0.490 e. The average Bonchev–Trinajstić information content (AvgIpc) is 2.41. The van der Waals surface area contributed by atoms with Gasteiger partial charge < -0.3 is 15.2 Å². The van der Waals surface area contributed by atoms with Gasteiger partial charge in [0.2, 0.25) is 5.91 Å². The first-order valence-corrected chi connectivity index (χ1v) is 6.29. The van der Waals surface area contributed by atoms with Crippen molar-refractivity contribution in [2.24, 2.45) is 5.73 Å². The van der Waals surface area contributed by atoms with Crippen LogP contribution in [0.2, 0.25) is 0 Å². The molecule has 5 heteroatoms.